The molecule has 1 aromatic rings. The largest absolute Gasteiger partial charge is 0.454 e. The summed E-state index contributed by atoms with van der Waals surface area (Å²) in [7, 11) is 1.79. The minimum atomic E-state index is -0.259. The highest BCUT2D eigenvalue weighted by Gasteiger charge is 2.20. The number of ether oxygens (including phenoxy) is 3. The maximum absolute atomic E-state index is 12.2. The molecule has 2 aliphatic rings. The van der Waals surface area contributed by atoms with Crippen molar-refractivity contribution in [2.75, 3.05) is 40.1 Å². The molecule has 1 amide bonds. The Morgan fingerprint density at radius 3 is 2.80 bits per heavy atom. The van der Waals surface area contributed by atoms with Gasteiger partial charge in [-0.25, -0.2) is 4.79 Å². The number of rotatable bonds is 6. The first-order valence-electron chi connectivity index (χ1n) is 9.14. The van der Waals surface area contributed by atoms with Crippen molar-refractivity contribution in [2.24, 2.45) is 0 Å². The Morgan fingerprint density at radius 1 is 1.24 bits per heavy atom. The molecule has 1 atom stereocenters. The number of benzene rings is 1. The van der Waals surface area contributed by atoms with Gasteiger partial charge in [-0.3, -0.25) is 4.90 Å². The van der Waals surface area contributed by atoms with E-state index in [4.69, 9.17) is 14.2 Å². The van der Waals surface area contributed by atoms with Crippen LogP contribution in [0.3, 0.4) is 0 Å². The van der Waals surface area contributed by atoms with E-state index in [9.17, 15) is 4.79 Å². The second kappa shape index (κ2) is 8.43. The Hall–Kier alpha value is -1.95. The molecule has 2 aliphatic heterocycles. The molecule has 0 bridgehead atoms. The van der Waals surface area contributed by atoms with E-state index in [-0.39, 0.29) is 18.9 Å². The van der Waals surface area contributed by atoms with E-state index >= 15 is 0 Å². The Morgan fingerprint density at radius 2 is 2.00 bits per heavy atom. The molecule has 3 rings (SSSR count). The summed E-state index contributed by atoms with van der Waals surface area (Å²) in [6.07, 6.45) is 4.30. The monoisotopic (exact) mass is 348 g/mol. The number of likely N-dealkylation sites (N-methyl/N-ethyl adjacent to an activating group) is 1. The van der Waals surface area contributed by atoms with Gasteiger partial charge in [0.05, 0.1) is 0 Å². The van der Waals surface area contributed by atoms with E-state index < -0.39 is 0 Å². The topological polar surface area (TPSA) is 51.2 Å². The van der Waals surface area contributed by atoms with Crippen LogP contribution in [0.2, 0.25) is 0 Å². The molecular formula is C19H28N2O4. The molecule has 0 radical (unpaired) electrons. The number of carbonyl (C=O) groups excluding carboxylic acids is 1. The third-order valence-electron chi connectivity index (χ3n) is 5.00. The van der Waals surface area contributed by atoms with Crippen molar-refractivity contribution in [3.05, 3.63) is 23.8 Å². The van der Waals surface area contributed by atoms with Crippen LogP contribution >= 0.6 is 0 Å². The van der Waals surface area contributed by atoms with E-state index in [0.717, 1.165) is 43.1 Å². The number of likely N-dealkylation sites (tertiary alicyclic amines) is 1. The fraction of sp³-hybridized carbons (Fsp3) is 0.632. The molecule has 138 valence electrons. The van der Waals surface area contributed by atoms with Crippen LogP contribution in [0, 0.1) is 0 Å². The van der Waals surface area contributed by atoms with Gasteiger partial charge in [0.1, 0.15) is 6.61 Å². The van der Waals surface area contributed by atoms with Gasteiger partial charge < -0.3 is 19.1 Å². The number of piperidine rings is 1. The summed E-state index contributed by atoms with van der Waals surface area (Å²) in [4.78, 5) is 16.3. The fourth-order valence-electron chi connectivity index (χ4n) is 3.27. The zero-order valence-electron chi connectivity index (χ0n) is 15.2. The van der Waals surface area contributed by atoms with E-state index in [1.165, 1.54) is 19.3 Å². The van der Waals surface area contributed by atoms with Gasteiger partial charge in [-0.15, -0.1) is 0 Å². The van der Waals surface area contributed by atoms with Gasteiger partial charge in [0.2, 0.25) is 6.79 Å². The normalized spacial score (nSPS) is 18.0. The number of amides is 1. The molecular weight excluding hydrogens is 320 g/mol. The van der Waals surface area contributed by atoms with Crippen LogP contribution < -0.4 is 9.47 Å². The van der Waals surface area contributed by atoms with Crippen LogP contribution in [0.1, 0.15) is 31.7 Å². The first kappa shape index (κ1) is 17.9. The molecule has 0 aliphatic carbocycles. The third kappa shape index (κ3) is 4.78. The fourth-order valence-corrected chi connectivity index (χ4v) is 3.27. The number of carbonyl (C=O) groups is 1. The molecule has 1 saturated heterocycles. The van der Waals surface area contributed by atoms with E-state index in [1.807, 2.05) is 25.1 Å². The van der Waals surface area contributed by atoms with Crippen LogP contribution in [0.25, 0.3) is 0 Å². The average molecular weight is 348 g/mol. The predicted molar refractivity (Wildman–Crippen MR) is 95.1 cm³/mol. The number of nitrogens with zero attached hydrogens (tertiary/aromatic N) is 2. The van der Waals surface area contributed by atoms with Gasteiger partial charge in [0.15, 0.2) is 11.5 Å². The smallest absolute Gasteiger partial charge is 0.409 e. The zero-order chi connectivity index (χ0) is 17.6. The second-order valence-corrected chi connectivity index (χ2v) is 6.87. The lowest BCUT2D eigenvalue weighted by Crippen LogP contribution is -2.39. The van der Waals surface area contributed by atoms with E-state index in [1.54, 1.807) is 11.9 Å². The van der Waals surface area contributed by atoms with Crippen molar-refractivity contribution in [1.82, 2.24) is 9.80 Å². The second-order valence-electron chi connectivity index (χ2n) is 6.87. The van der Waals surface area contributed by atoms with Crippen LogP contribution in [-0.4, -0.2) is 62.0 Å². The number of hydrogen-bond donors (Lipinski definition) is 0. The first-order valence-corrected chi connectivity index (χ1v) is 9.14. The molecule has 6 nitrogen and oxygen atoms in total. The van der Waals surface area contributed by atoms with Crippen LogP contribution in [0.5, 0.6) is 11.5 Å². The summed E-state index contributed by atoms with van der Waals surface area (Å²) in [6, 6.07) is 5.96. The molecule has 6 heteroatoms. The summed E-state index contributed by atoms with van der Waals surface area (Å²) < 4.78 is 16.2. The van der Waals surface area contributed by atoms with Gasteiger partial charge in [0.25, 0.3) is 0 Å². The van der Waals surface area contributed by atoms with Crippen molar-refractivity contribution in [3.63, 3.8) is 0 Å². The minimum absolute atomic E-state index is 0.0443. The molecule has 1 aromatic carbocycles. The van der Waals surface area contributed by atoms with Gasteiger partial charge in [0, 0.05) is 19.6 Å². The summed E-state index contributed by atoms with van der Waals surface area (Å²) in [5.41, 5.74) is 1.12. The Labute approximate surface area is 149 Å². The standard InChI is InChI=1S/C19H28N2O4/c1-15(12-16-6-7-17-18(13-16)25-14-24-17)20(2)19(22)23-11-10-21-8-4-3-5-9-21/h6-7,13,15H,3-5,8-12,14H2,1-2H3/t15-/m1/s1. The van der Waals surface area contributed by atoms with Crippen molar-refractivity contribution in [2.45, 2.75) is 38.6 Å². The van der Waals surface area contributed by atoms with Crippen molar-refractivity contribution < 1.29 is 19.0 Å². The van der Waals surface area contributed by atoms with Crippen molar-refractivity contribution in [3.8, 4) is 11.5 Å². The Balaban J connectivity index is 1.43. The molecule has 1 fully saturated rings. The summed E-state index contributed by atoms with van der Waals surface area (Å²) in [5.74, 6) is 1.55. The summed E-state index contributed by atoms with van der Waals surface area (Å²) >= 11 is 0. The first-order chi connectivity index (χ1) is 12.1. The highest BCUT2D eigenvalue weighted by molar-refractivity contribution is 5.67. The Bertz CT molecular complexity index is 587. The van der Waals surface area contributed by atoms with Gasteiger partial charge >= 0.3 is 6.09 Å². The molecule has 0 N–H and O–H groups in total. The SMILES string of the molecule is C[C@H](Cc1ccc2c(c1)OCO2)N(C)C(=O)OCCN1CCCCC1. The Kier molecular flexibility index (Phi) is 6.02. The van der Waals surface area contributed by atoms with Crippen molar-refractivity contribution in [1.29, 1.82) is 0 Å². The third-order valence-corrected chi connectivity index (χ3v) is 5.00. The quantitative estimate of drug-likeness (QED) is 0.791. The predicted octanol–water partition coefficient (Wildman–Crippen LogP) is 2.90. The summed E-state index contributed by atoms with van der Waals surface area (Å²) in [6.45, 7) is 5.83. The lowest BCUT2D eigenvalue weighted by molar-refractivity contribution is 0.0847. The molecule has 0 spiro atoms. The van der Waals surface area contributed by atoms with E-state index in [2.05, 4.69) is 4.90 Å². The van der Waals surface area contributed by atoms with E-state index in [0.29, 0.717) is 6.61 Å². The van der Waals surface area contributed by atoms with Crippen LogP contribution in [0.15, 0.2) is 18.2 Å². The summed E-state index contributed by atoms with van der Waals surface area (Å²) in [5, 5.41) is 0. The van der Waals surface area contributed by atoms with Gasteiger partial charge in [-0.05, 0) is 57.0 Å². The van der Waals surface area contributed by atoms with Gasteiger partial charge in [-0.2, -0.15) is 0 Å². The maximum atomic E-state index is 12.2. The average Bonchev–Trinajstić information content (AvgIpc) is 3.09. The lowest BCUT2D eigenvalue weighted by Gasteiger charge is -2.27. The molecule has 0 aromatic heterocycles. The molecule has 25 heavy (non-hydrogen) atoms. The lowest BCUT2D eigenvalue weighted by atomic mass is 10.1. The molecule has 0 saturated carbocycles. The maximum Gasteiger partial charge on any atom is 0.409 e. The number of fused-ring (bicyclic) bond motifs is 1. The van der Waals surface area contributed by atoms with Crippen molar-refractivity contribution >= 4 is 6.09 Å². The van der Waals surface area contributed by atoms with Crippen LogP contribution in [-0.2, 0) is 11.2 Å². The minimum Gasteiger partial charge on any atom is -0.454 e. The highest BCUT2D eigenvalue weighted by atomic mass is 16.7. The van der Waals surface area contributed by atoms with Gasteiger partial charge in [-0.1, -0.05) is 12.5 Å². The molecule has 0 unspecified atom stereocenters. The molecule has 2 heterocycles. The number of hydrogen-bond acceptors (Lipinski definition) is 5. The van der Waals surface area contributed by atoms with Crippen LogP contribution in [0.4, 0.5) is 4.79 Å². The highest BCUT2D eigenvalue weighted by Crippen LogP contribution is 2.32. The zero-order valence-corrected chi connectivity index (χ0v) is 15.2.